The van der Waals surface area contributed by atoms with Gasteiger partial charge in [0, 0.05) is 45.0 Å². The molecule has 3 aromatic rings. The third-order valence-corrected chi connectivity index (χ3v) is 5.47. The number of rotatable bonds is 2. The summed E-state index contributed by atoms with van der Waals surface area (Å²) in [5, 5.41) is 5.14. The number of aromatic nitrogens is 3. The summed E-state index contributed by atoms with van der Waals surface area (Å²) in [6, 6.07) is 4.64. The Morgan fingerprint density at radius 2 is 2.00 bits per heavy atom. The molecular weight excluding hydrogens is 341 g/mol. The third-order valence-electron chi connectivity index (χ3n) is 4.39. The van der Waals surface area contributed by atoms with Crippen LogP contribution in [0.5, 0.6) is 0 Å². The van der Waals surface area contributed by atoms with Crippen molar-refractivity contribution in [2.75, 3.05) is 31.1 Å². The second kappa shape index (κ2) is 6.11. The van der Waals surface area contributed by atoms with Crippen LogP contribution in [0.4, 0.5) is 9.52 Å². The molecule has 0 atom stereocenters. The van der Waals surface area contributed by atoms with E-state index in [1.807, 2.05) is 25.1 Å². The van der Waals surface area contributed by atoms with Crippen molar-refractivity contribution in [3.8, 4) is 0 Å². The molecule has 0 bridgehead atoms. The highest BCUT2D eigenvalue weighted by molar-refractivity contribution is 7.22. The highest BCUT2D eigenvalue weighted by Gasteiger charge is 2.26. The van der Waals surface area contributed by atoms with Crippen molar-refractivity contribution < 1.29 is 9.18 Å². The zero-order valence-electron chi connectivity index (χ0n) is 14.1. The Bertz CT molecular complexity index is 942. The topological polar surface area (TPSA) is 54.3 Å². The number of hydrogen-bond donors (Lipinski definition) is 0. The number of nitrogens with zero attached hydrogens (tertiary/aromatic N) is 5. The predicted molar refractivity (Wildman–Crippen MR) is 95.6 cm³/mol. The highest BCUT2D eigenvalue weighted by atomic mass is 32.1. The van der Waals surface area contributed by atoms with Crippen molar-refractivity contribution in [3.05, 3.63) is 41.5 Å². The van der Waals surface area contributed by atoms with E-state index >= 15 is 0 Å². The molecule has 25 heavy (non-hydrogen) atoms. The van der Waals surface area contributed by atoms with Crippen molar-refractivity contribution in [1.82, 2.24) is 19.7 Å². The maximum atomic E-state index is 13.3. The third kappa shape index (κ3) is 2.97. The number of fused-ring (bicyclic) bond motifs is 1. The molecule has 1 aromatic carbocycles. The van der Waals surface area contributed by atoms with E-state index in [0.717, 1.165) is 20.9 Å². The van der Waals surface area contributed by atoms with Gasteiger partial charge in [-0.1, -0.05) is 11.3 Å². The fraction of sp³-hybridized carbons (Fsp3) is 0.353. The number of amides is 1. The minimum Gasteiger partial charge on any atom is -0.345 e. The Kier molecular flexibility index (Phi) is 3.91. The maximum absolute atomic E-state index is 13.3. The summed E-state index contributed by atoms with van der Waals surface area (Å²) < 4.78 is 15.8. The highest BCUT2D eigenvalue weighted by Crippen LogP contribution is 2.30. The Labute approximate surface area is 148 Å². The summed E-state index contributed by atoms with van der Waals surface area (Å²) >= 11 is 1.49. The van der Waals surface area contributed by atoms with E-state index in [0.29, 0.717) is 31.9 Å². The standard InChI is InChI=1S/C17H18FN5OS/c1-11-10-21(2)20-15(11)16(24)22-5-7-23(8-6-22)17-19-13-4-3-12(18)9-14(13)25-17/h3-4,9-10H,5-8H2,1-2H3. The van der Waals surface area contributed by atoms with E-state index in [1.54, 1.807) is 10.7 Å². The lowest BCUT2D eigenvalue weighted by Crippen LogP contribution is -2.49. The Hall–Kier alpha value is -2.48. The number of hydrogen-bond acceptors (Lipinski definition) is 5. The van der Waals surface area contributed by atoms with Crippen LogP contribution in [0, 0.1) is 12.7 Å². The SMILES string of the molecule is Cc1cn(C)nc1C(=O)N1CCN(c2nc3ccc(F)cc3s2)CC1. The van der Waals surface area contributed by atoms with Crippen LogP contribution in [0.2, 0.25) is 0 Å². The van der Waals surface area contributed by atoms with E-state index in [-0.39, 0.29) is 11.7 Å². The van der Waals surface area contributed by atoms with E-state index in [4.69, 9.17) is 0 Å². The largest absolute Gasteiger partial charge is 0.345 e. The first-order chi connectivity index (χ1) is 12.0. The Balaban J connectivity index is 1.47. The van der Waals surface area contributed by atoms with Gasteiger partial charge in [0.15, 0.2) is 10.8 Å². The van der Waals surface area contributed by atoms with Crippen molar-refractivity contribution in [3.63, 3.8) is 0 Å². The van der Waals surface area contributed by atoms with Gasteiger partial charge in [-0.3, -0.25) is 9.48 Å². The molecule has 2 aromatic heterocycles. The number of carbonyl (C=O) groups is 1. The number of thiazole rings is 1. The van der Waals surface area contributed by atoms with Crippen molar-refractivity contribution in [2.45, 2.75) is 6.92 Å². The summed E-state index contributed by atoms with van der Waals surface area (Å²) in [7, 11) is 1.82. The summed E-state index contributed by atoms with van der Waals surface area (Å²) in [6.07, 6.45) is 1.85. The monoisotopic (exact) mass is 359 g/mol. The fourth-order valence-corrected chi connectivity index (χ4v) is 4.13. The van der Waals surface area contributed by atoms with E-state index in [2.05, 4.69) is 15.0 Å². The van der Waals surface area contributed by atoms with Crippen LogP contribution in [-0.4, -0.2) is 51.8 Å². The number of benzene rings is 1. The molecule has 0 saturated carbocycles. The smallest absolute Gasteiger partial charge is 0.274 e. The molecule has 1 aliphatic rings. The van der Waals surface area contributed by atoms with Crippen molar-refractivity contribution in [2.24, 2.45) is 7.05 Å². The molecule has 1 amide bonds. The van der Waals surface area contributed by atoms with Crippen LogP contribution in [0.15, 0.2) is 24.4 Å². The average molecular weight is 359 g/mol. The minimum atomic E-state index is -0.246. The molecule has 1 aliphatic heterocycles. The quantitative estimate of drug-likeness (QED) is 0.705. The van der Waals surface area contributed by atoms with Crippen LogP contribution >= 0.6 is 11.3 Å². The maximum Gasteiger partial charge on any atom is 0.274 e. The molecule has 4 rings (SSSR count). The normalized spacial score (nSPS) is 15.2. The average Bonchev–Trinajstić information content (AvgIpc) is 3.16. The first-order valence-corrected chi connectivity index (χ1v) is 8.93. The molecule has 0 radical (unpaired) electrons. The van der Waals surface area contributed by atoms with Gasteiger partial charge in [-0.05, 0) is 25.1 Å². The van der Waals surface area contributed by atoms with Crippen molar-refractivity contribution >= 4 is 32.6 Å². The lowest BCUT2D eigenvalue weighted by molar-refractivity contribution is 0.0739. The fourth-order valence-electron chi connectivity index (χ4n) is 3.09. The molecular formula is C17H18FN5OS. The number of aryl methyl sites for hydroxylation is 2. The van der Waals surface area contributed by atoms with Crippen molar-refractivity contribution in [1.29, 1.82) is 0 Å². The molecule has 130 valence electrons. The predicted octanol–water partition coefficient (Wildman–Crippen LogP) is 2.44. The van der Waals surface area contributed by atoms with Crippen LogP contribution in [0.1, 0.15) is 16.1 Å². The van der Waals surface area contributed by atoms with E-state index < -0.39 is 0 Å². The minimum absolute atomic E-state index is 0.0240. The molecule has 0 N–H and O–H groups in total. The van der Waals surface area contributed by atoms with Gasteiger partial charge in [0.25, 0.3) is 5.91 Å². The molecule has 3 heterocycles. The Morgan fingerprint density at radius 3 is 2.68 bits per heavy atom. The zero-order chi connectivity index (χ0) is 17.6. The van der Waals surface area contributed by atoms with Gasteiger partial charge in [0.2, 0.25) is 0 Å². The van der Waals surface area contributed by atoms with Crippen LogP contribution in [0.25, 0.3) is 10.2 Å². The molecule has 0 aliphatic carbocycles. The van der Waals surface area contributed by atoms with Crippen LogP contribution in [0.3, 0.4) is 0 Å². The van der Waals surface area contributed by atoms with Crippen LogP contribution < -0.4 is 4.90 Å². The lowest BCUT2D eigenvalue weighted by Gasteiger charge is -2.34. The lowest BCUT2D eigenvalue weighted by atomic mass is 10.2. The summed E-state index contributed by atoms with van der Waals surface area (Å²) in [6.45, 7) is 4.56. The van der Waals surface area contributed by atoms with Gasteiger partial charge in [-0.2, -0.15) is 5.10 Å². The van der Waals surface area contributed by atoms with E-state index in [9.17, 15) is 9.18 Å². The second-order valence-corrected chi connectivity index (χ2v) is 7.23. The van der Waals surface area contributed by atoms with Gasteiger partial charge in [-0.25, -0.2) is 9.37 Å². The van der Waals surface area contributed by atoms with Gasteiger partial charge < -0.3 is 9.80 Å². The summed E-state index contributed by atoms with van der Waals surface area (Å²) in [5.41, 5.74) is 2.22. The first-order valence-electron chi connectivity index (χ1n) is 8.12. The van der Waals surface area contributed by atoms with Gasteiger partial charge in [0.1, 0.15) is 5.82 Å². The molecule has 1 saturated heterocycles. The Morgan fingerprint density at radius 1 is 1.24 bits per heavy atom. The first kappa shape index (κ1) is 16.0. The molecule has 0 unspecified atom stereocenters. The molecule has 0 spiro atoms. The van der Waals surface area contributed by atoms with Gasteiger partial charge in [-0.15, -0.1) is 0 Å². The summed E-state index contributed by atoms with van der Waals surface area (Å²) in [4.78, 5) is 21.2. The molecule has 6 nitrogen and oxygen atoms in total. The number of halogens is 1. The second-order valence-electron chi connectivity index (χ2n) is 6.22. The number of anilines is 1. The number of carbonyl (C=O) groups excluding carboxylic acids is 1. The number of piperazine rings is 1. The van der Waals surface area contributed by atoms with E-state index in [1.165, 1.54) is 23.5 Å². The van der Waals surface area contributed by atoms with Crippen LogP contribution in [-0.2, 0) is 7.05 Å². The van der Waals surface area contributed by atoms with Gasteiger partial charge in [0.05, 0.1) is 10.2 Å². The molecule has 1 fully saturated rings. The summed E-state index contributed by atoms with van der Waals surface area (Å²) in [5.74, 6) is -0.270. The zero-order valence-corrected chi connectivity index (χ0v) is 14.9. The molecule has 8 heteroatoms. The van der Waals surface area contributed by atoms with Gasteiger partial charge >= 0.3 is 0 Å².